The van der Waals surface area contributed by atoms with E-state index >= 15 is 0 Å². The smallest absolute Gasteiger partial charge is 0.253 e. The first kappa shape index (κ1) is 6.79. The third-order valence-corrected chi connectivity index (χ3v) is 2.15. The number of nitrogens with two attached hydrogens (primary N) is 1. The number of amidine groups is 1. The van der Waals surface area contributed by atoms with E-state index in [1.165, 1.54) is 0 Å². The summed E-state index contributed by atoms with van der Waals surface area (Å²) in [4.78, 5) is 15.4. The van der Waals surface area contributed by atoms with Gasteiger partial charge in [0.1, 0.15) is 11.4 Å². The standard InChI is InChI=1S/C7H11N3O/c1-4(8)5-9-6(11)7(10-5)2-3-7/h4H,2-3,8H2,1H3,(H,9,10,11). The highest BCUT2D eigenvalue weighted by atomic mass is 16.2. The van der Waals surface area contributed by atoms with Gasteiger partial charge in [0, 0.05) is 0 Å². The van der Waals surface area contributed by atoms with Crippen LogP contribution in [0.2, 0.25) is 0 Å². The lowest BCUT2D eigenvalue weighted by atomic mass is 10.3. The number of rotatable bonds is 1. The van der Waals surface area contributed by atoms with E-state index in [0.717, 1.165) is 12.8 Å². The zero-order chi connectivity index (χ0) is 8.06. The minimum absolute atomic E-state index is 0.0322. The van der Waals surface area contributed by atoms with Gasteiger partial charge in [0.05, 0.1) is 6.04 Å². The van der Waals surface area contributed by atoms with E-state index < -0.39 is 0 Å². The molecule has 1 fully saturated rings. The van der Waals surface area contributed by atoms with E-state index in [9.17, 15) is 4.79 Å². The van der Waals surface area contributed by atoms with Crippen LogP contribution in [0.15, 0.2) is 4.99 Å². The number of aliphatic imine (C=N–C) groups is 1. The summed E-state index contributed by atoms with van der Waals surface area (Å²) in [5.74, 6) is 0.678. The SMILES string of the molecule is CC(N)C1=NC2(CC2)C(=O)N1. The Kier molecular flexibility index (Phi) is 1.12. The molecule has 1 spiro atoms. The molecule has 0 aromatic carbocycles. The van der Waals surface area contributed by atoms with E-state index in [0.29, 0.717) is 5.84 Å². The molecule has 1 atom stereocenters. The Bertz CT molecular complexity index is 240. The summed E-state index contributed by atoms with van der Waals surface area (Å²) in [5, 5.41) is 2.69. The summed E-state index contributed by atoms with van der Waals surface area (Å²) in [6.45, 7) is 1.82. The molecule has 0 aromatic rings. The van der Waals surface area contributed by atoms with Crippen LogP contribution in [0.4, 0.5) is 0 Å². The first-order chi connectivity index (χ1) is 5.14. The van der Waals surface area contributed by atoms with Gasteiger partial charge in [0.25, 0.3) is 5.91 Å². The lowest BCUT2D eigenvalue weighted by Crippen LogP contribution is -2.38. The van der Waals surface area contributed by atoms with Crippen LogP contribution in [-0.4, -0.2) is 23.3 Å². The highest BCUT2D eigenvalue weighted by Crippen LogP contribution is 2.42. The van der Waals surface area contributed by atoms with E-state index in [-0.39, 0.29) is 17.5 Å². The second-order valence-electron chi connectivity index (χ2n) is 3.27. The Labute approximate surface area is 64.9 Å². The average Bonchev–Trinajstić information content (AvgIpc) is 2.59. The third-order valence-electron chi connectivity index (χ3n) is 2.15. The van der Waals surface area contributed by atoms with E-state index in [4.69, 9.17) is 5.73 Å². The maximum atomic E-state index is 11.2. The zero-order valence-corrected chi connectivity index (χ0v) is 6.42. The molecule has 4 nitrogen and oxygen atoms in total. The van der Waals surface area contributed by atoms with E-state index in [1.54, 1.807) is 0 Å². The predicted octanol–water partition coefficient (Wildman–Crippen LogP) is -0.605. The Morgan fingerprint density at radius 2 is 2.36 bits per heavy atom. The number of nitrogens with zero attached hydrogens (tertiary/aromatic N) is 1. The van der Waals surface area contributed by atoms with Crippen molar-refractivity contribution in [3.63, 3.8) is 0 Å². The first-order valence-electron chi connectivity index (χ1n) is 3.81. The van der Waals surface area contributed by atoms with Gasteiger partial charge >= 0.3 is 0 Å². The van der Waals surface area contributed by atoms with Crippen molar-refractivity contribution in [1.82, 2.24) is 5.32 Å². The largest absolute Gasteiger partial charge is 0.322 e. The number of hydrogen-bond donors (Lipinski definition) is 2. The van der Waals surface area contributed by atoms with Crippen LogP contribution in [0.3, 0.4) is 0 Å². The molecule has 0 saturated heterocycles. The number of carbonyl (C=O) groups excluding carboxylic acids is 1. The van der Waals surface area contributed by atoms with E-state index in [2.05, 4.69) is 10.3 Å². The summed E-state index contributed by atoms with van der Waals surface area (Å²) < 4.78 is 0. The Hall–Kier alpha value is -0.900. The van der Waals surface area contributed by atoms with Crippen LogP contribution in [0.25, 0.3) is 0 Å². The van der Waals surface area contributed by atoms with Crippen molar-refractivity contribution in [2.45, 2.75) is 31.3 Å². The average molecular weight is 153 g/mol. The van der Waals surface area contributed by atoms with Gasteiger partial charge in [-0.15, -0.1) is 0 Å². The van der Waals surface area contributed by atoms with Crippen LogP contribution in [0.5, 0.6) is 0 Å². The van der Waals surface area contributed by atoms with Crippen molar-refractivity contribution in [1.29, 1.82) is 0 Å². The molecule has 2 rings (SSSR count). The fourth-order valence-corrected chi connectivity index (χ4v) is 1.21. The molecule has 11 heavy (non-hydrogen) atoms. The van der Waals surface area contributed by atoms with Crippen LogP contribution in [0.1, 0.15) is 19.8 Å². The molecule has 1 heterocycles. The van der Waals surface area contributed by atoms with Gasteiger partial charge in [-0.3, -0.25) is 9.79 Å². The van der Waals surface area contributed by atoms with Crippen molar-refractivity contribution in [3.8, 4) is 0 Å². The van der Waals surface area contributed by atoms with Gasteiger partial charge < -0.3 is 11.1 Å². The molecule has 1 aliphatic heterocycles. The minimum Gasteiger partial charge on any atom is -0.322 e. The molecule has 3 N–H and O–H groups in total. The van der Waals surface area contributed by atoms with Crippen LogP contribution in [0, 0.1) is 0 Å². The lowest BCUT2D eigenvalue weighted by Gasteiger charge is -2.02. The first-order valence-corrected chi connectivity index (χ1v) is 3.81. The van der Waals surface area contributed by atoms with Gasteiger partial charge in [-0.1, -0.05) is 0 Å². The van der Waals surface area contributed by atoms with Gasteiger partial charge in [-0.25, -0.2) is 0 Å². The minimum atomic E-state index is -0.386. The van der Waals surface area contributed by atoms with Gasteiger partial charge in [0.2, 0.25) is 0 Å². The molecule has 0 radical (unpaired) electrons. The molecular weight excluding hydrogens is 142 g/mol. The highest BCUT2D eigenvalue weighted by Gasteiger charge is 2.54. The van der Waals surface area contributed by atoms with Crippen LogP contribution in [-0.2, 0) is 4.79 Å². The predicted molar refractivity (Wildman–Crippen MR) is 41.2 cm³/mol. The summed E-state index contributed by atoms with van der Waals surface area (Å²) in [7, 11) is 0. The Morgan fingerprint density at radius 1 is 1.73 bits per heavy atom. The van der Waals surface area contributed by atoms with Crippen molar-refractivity contribution in [2.24, 2.45) is 10.7 Å². The number of carbonyl (C=O) groups is 1. The maximum absolute atomic E-state index is 11.2. The molecule has 2 aliphatic rings. The summed E-state index contributed by atoms with van der Waals surface area (Å²) in [6.07, 6.45) is 1.77. The second-order valence-corrected chi connectivity index (χ2v) is 3.27. The van der Waals surface area contributed by atoms with Crippen molar-refractivity contribution < 1.29 is 4.79 Å². The monoisotopic (exact) mass is 153 g/mol. The van der Waals surface area contributed by atoms with Gasteiger partial charge in [-0.05, 0) is 19.8 Å². The molecule has 1 amide bonds. The summed E-state index contributed by atoms with van der Waals surface area (Å²) in [5.41, 5.74) is 5.18. The fraction of sp³-hybridized carbons (Fsp3) is 0.714. The van der Waals surface area contributed by atoms with Crippen LogP contribution < -0.4 is 11.1 Å². The van der Waals surface area contributed by atoms with Crippen molar-refractivity contribution in [2.75, 3.05) is 0 Å². The molecular formula is C7H11N3O. The van der Waals surface area contributed by atoms with E-state index in [1.807, 2.05) is 6.92 Å². The molecule has 0 bridgehead atoms. The highest BCUT2D eigenvalue weighted by molar-refractivity contribution is 6.11. The molecule has 60 valence electrons. The Balaban J connectivity index is 2.23. The number of nitrogens with one attached hydrogen (secondary N) is 1. The quantitative estimate of drug-likeness (QED) is 0.528. The molecule has 1 saturated carbocycles. The molecule has 1 aliphatic carbocycles. The van der Waals surface area contributed by atoms with Gasteiger partial charge in [-0.2, -0.15) is 0 Å². The molecule has 1 unspecified atom stereocenters. The lowest BCUT2D eigenvalue weighted by molar-refractivity contribution is -0.120. The normalized spacial score (nSPS) is 28.2. The Morgan fingerprint density at radius 3 is 2.64 bits per heavy atom. The van der Waals surface area contributed by atoms with Crippen molar-refractivity contribution in [3.05, 3.63) is 0 Å². The second kappa shape index (κ2) is 1.82. The zero-order valence-electron chi connectivity index (χ0n) is 6.42. The van der Waals surface area contributed by atoms with Crippen molar-refractivity contribution >= 4 is 11.7 Å². The fourth-order valence-electron chi connectivity index (χ4n) is 1.21. The maximum Gasteiger partial charge on any atom is 0.253 e. The molecule has 0 aromatic heterocycles. The van der Waals surface area contributed by atoms with Gasteiger partial charge in [0.15, 0.2) is 0 Å². The number of hydrogen-bond acceptors (Lipinski definition) is 3. The number of amides is 1. The molecule has 4 heteroatoms. The van der Waals surface area contributed by atoms with Crippen LogP contribution >= 0.6 is 0 Å². The topological polar surface area (TPSA) is 67.5 Å². The summed E-state index contributed by atoms with van der Waals surface area (Å²) >= 11 is 0. The third kappa shape index (κ3) is 0.860. The summed E-state index contributed by atoms with van der Waals surface area (Å²) in [6, 6.07) is -0.154.